The van der Waals surface area contributed by atoms with Gasteiger partial charge in [-0.1, -0.05) is 25.7 Å². The highest BCUT2D eigenvalue weighted by Crippen LogP contribution is 2.32. The predicted octanol–water partition coefficient (Wildman–Crippen LogP) is 3.17. The largest absolute Gasteiger partial charge is 0.314 e. The molecule has 82 valence electrons. The lowest BCUT2D eigenvalue weighted by Gasteiger charge is -2.31. The summed E-state index contributed by atoms with van der Waals surface area (Å²) in [6.45, 7) is 1.22. The van der Waals surface area contributed by atoms with Crippen LogP contribution in [0.3, 0.4) is 0 Å². The smallest absolute Gasteiger partial charge is 0.0266 e. The average molecular weight is 216 g/mol. The van der Waals surface area contributed by atoms with Crippen LogP contribution < -0.4 is 5.32 Å². The molecule has 2 aliphatic rings. The first-order valence-corrected chi connectivity index (χ1v) is 6.73. The van der Waals surface area contributed by atoms with Crippen LogP contribution in [-0.4, -0.2) is 18.5 Å². The van der Waals surface area contributed by atoms with Crippen molar-refractivity contribution in [2.45, 2.75) is 51.0 Å². The maximum Gasteiger partial charge on any atom is 0.0266 e. The zero-order valence-electron chi connectivity index (χ0n) is 8.97. The first-order valence-electron chi connectivity index (χ1n) is 6.19. The molecule has 0 heterocycles. The number of hydrogen-bond acceptors (Lipinski definition) is 1. The van der Waals surface area contributed by atoms with E-state index in [9.17, 15) is 0 Å². The van der Waals surface area contributed by atoms with Crippen molar-refractivity contribution in [1.82, 2.24) is 5.32 Å². The lowest BCUT2D eigenvalue weighted by molar-refractivity contribution is 0.282. The normalized spacial score (nSPS) is 33.2. The molecule has 1 nitrogen and oxygen atoms in total. The molecular formula is C12H22ClN. The zero-order valence-corrected chi connectivity index (χ0v) is 9.73. The molecule has 2 saturated carbocycles. The Bertz CT molecular complexity index is 168. The number of hydrogen-bond donors (Lipinski definition) is 1. The molecule has 14 heavy (non-hydrogen) atoms. The monoisotopic (exact) mass is 215 g/mol. The molecule has 2 heteroatoms. The van der Waals surface area contributed by atoms with Gasteiger partial charge in [0.25, 0.3) is 0 Å². The van der Waals surface area contributed by atoms with Crippen molar-refractivity contribution < 1.29 is 0 Å². The third-order valence-electron chi connectivity index (χ3n) is 3.76. The molecule has 0 aromatic heterocycles. The maximum absolute atomic E-state index is 5.99. The summed E-state index contributed by atoms with van der Waals surface area (Å²) in [7, 11) is 0. The maximum atomic E-state index is 5.99. The van der Waals surface area contributed by atoms with Gasteiger partial charge in [-0.05, 0) is 37.6 Å². The topological polar surface area (TPSA) is 12.0 Å². The molecule has 2 unspecified atom stereocenters. The Balaban J connectivity index is 1.64. The molecule has 0 bridgehead atoms. The summed E-state index contributed by atoms with van der Waals surface area (Å²) in [6, 6.07) is 0.722. The summed E-state index contributed by atoms with van der Waals surface area (Å²) < 4.78 is 0. The van der Waals surface area contributed by atoms with E-state index in [1.54, 1.807) is 0 Å². The second-order valence-corrected chi connectivity index (χ2v) is 5.30. The lowest BCUT2D eigenvalue weighted by atomic mass is 9.86. The van der Waals surface area contributed by atoms with Crippen molar-refractivity contribution in [2.24, 2.45) is 11.8 Å². The summed E-state index contributed by atoms with van der Waals surface area (Å²) in [5.41, 5.74) is 0. The van der Waals surface area contributed by atoms with Gasteiger partial charge in [0, 0.05) is 11.9 Å². The Morgan fingerprint density at radius 3 is 2.57 bits per heavy atom. The molecule has 0 aliphatic heterocycles. The fourth-order valence-corrected chi connectivity index (χ4v) is 2.91. The van der Waals surface area contributed by atoms with Gasteiger partial charge in [-0.3, -0.25) is 0 Å². The van der Waals surface area contributed by atoms with Gasteiger partial charge in [-0.2, -0.15) is 0 Å². The van der Waals surface area contributed by atoms with Crippen molar-refractivity contribution in [3.63, 3.8) is 0 Å². The lowest BCUT2D eigenvalue weighted by Crippen LogP contribution is -2.39. The van der Waals surface area contributed by atoms with E-state index in [4.69, 9.17) is 11.6 Å². The Kier molecular flexibility index (Phi) is 4.12. The molecule has 2 rings (SSSR count). The first-order chi connectivity index (χ1) is 6.90. The van der Waals surface area contributed by atoms with Crippen LogP contribution in [0.25, 0.3) is 0 Å². The van der Waals surface area contributed by atoms with Crippen LogP contribution in [0.4, 0.5) is 0 Å². The minimum Gasteiger partial charge on any atom is -0.314 e. The number of alkyl halides is 1. The number of rotatable bonds is 5. The molecule has 2 aliphatic carbocycles. The molecule has 0 saturated heterocycles. The minimum atomic E-state index is 0.722. The van der Waals surface area contributed by atoms with E-state index in [1.165, 1.54) is 51.5 Å². The van der Waals surface area contributed by atoms with Crippen molar-refractivity contribution in [3.8, 4) is 0 Å². The molecule has 1 N–H and O–H groups in total. The van der Waals surface area contributed by atoms with Crippen molar-refractivity contribution in [2.75, 3.05) is 12.4 Å². The van der Waals surface area contributed by atoms with Crippen LogP contribution >= 0.6 is 11.6 Å². The van der Waals surface area contributed by atoms with Crippen LogP contribution in [0.15, 0.2) is 0 Å². The van der Waals surface area contributed by atoms with Crippen LogP contribution in [0, 0.1) is 11.8 Å². The molecule has 2 atom stereocenters. The molecule has 0 amide bonds. The second-order valence-electron chi connectivity index (χ2n) is 4.99. The summed E-state index contributed by atoms with van der Waals surface area (Å²) in [4.78, 5) is 0. The van der Waals surface area contributed by atoms with E-state index in [1.807, 2.05) is 0 Å². The highest BCUT2D eigenvalue weighted by Gasteiger charge is 2.25. The van der Waals surface area contributed by atoms with Crippen molar-refractivity contribution in [1.29, 1.82) is 0 Å². The predicted molar refractivity (Wildman–Crippen MR) is 61.8 cm³/mol. The summed E-state index contributed by atoms with van der Waals surface area (Å²) in [6.07, 6.45) is 9.82. The fraction of sp³-hybridized carbons (Fsp3) is 1.00. The summed E-state index contributed by atoms with van der Waals surface area (Å²) >= 11 is 5.99. The SMILES string of the molecule is ClCC1CCCCC1NCCC1CC1. The Labute approximate surface area is 92.6 Å². The highest BCUT2D eigenvalue weighted by atomic mass is 35.5. The van der Waals surface area contributed by atoms with E-state index in [0.717, 1.165) is 23.8 Å². The Morgan fingerprint density at radius 1 is 1.07 bits per heavy atom. The van der Waals surface area contributed by atoms with Gasteiger partial charge in [0.05, 0.1) is 0 Å². The summed E-state index contributed by atoms with van der Waals surface area (Å²) in [5.74, 6) is 2.64. The molecule has 0 spiro atoms. The van der Waals surface area contributed by atoms with Crippen LogP contribution in [0.2, 0.25) is 0 Å². The van der Waals surface area contributed by atoms with E-state index < -0.39 is 0 Å². The fourth-order valence-electron chi connectivity index (χ4n) is 2.54. The number of nitrogens with one attached hydrogen (secondary N) is 1. The second kappa shape index (κ2) is 5.37. The van der Waals surface area contributed by atoms with Crippen molar-refractivity contribution >= 4 is 11.6 Å². The third kappa shape index (κ3) is 3.13. The van der Waals surface area contributed by atoms with Gasteiger partial charge in [-0.25, -0.2) is 0 Å². The zero-order chi connectivity index (χ0) is 9.80. The van der Waals surface area contributed by atoms with E-state index in [2.05, 4.69) is 5.32 Å². The minimum absolute atomic E-state index is 0.722. The van der Waals surface area contributed by atoms with Crippen LogP contribution in [0.1, 0.15) is 44.9 Å². The third-order valence-corrected chi connectivity index (χ3v) is 4.16. The van der Waals surface area contributed by atoms with Crippen LogP contribution in [0.5, 0.6) is 0 Å². The first kappa shape index (κ1) is 10.8. The molecule has 2 fully saturated rings. The standard InChI is InChI=1S/C12H22ClN/c13-9-11-3-1-2-4-12(11)14-8-7-10-5-6-10/h10-12,14H,1-9H2. The molecular weight excluding hydrogens is 194 g/mol. The Morgan fingerprint density at radius 2 is 1.86 bits per heavy atom. The van der Waals surface area contributed by atoms with Gasteiger partial charge in [0.2, 0.25) is 0 Å². The molecule has 0 radical (unpaired) electrons. The average Bonchev–Trinajstić information content (AvgIpc) is 3.03. The Hall–Kier alpha value is 0.250. The van der Waals surface area contributed by atoms with Crippen molar-refractivity contribution in [3.05, 3.63) is 0 Å². The molecule has 0 aromatic rings. The van der Waals surface area contributed by atoms with Gasteiger partial charge in [-0.15, -0.1) is 11.6 Å². The van der Waals surface area contributed by atoms with Crippen LogP contribution in [-0.2, 0) is 0 Å². The summed E-state index contributed by atoms with van der Waals surface area (Å²) in [5, 5.41) is 3.71. The number of halogens is 1. The van der Waals surface area contributed by atoms with E-state index >= 15 is 0 Å². The van der Waals surface area contributed by atoms with Gasteiger partial charge in [0.15, 0.2) is 0 Å². The quantitative estimate of drug-likeness (QED) is 0.695. The van der Waals surface area contributed by atoms with Gasteiger partial charge in [0.1, 0.15) is 0 Å². The van der Waals surface area contributed by atoms with E-state index in [-0.39, 0.29) is 0 Å². The van der Waals surface area contributed by atoms with E-state index in [0.29, 0.717) is 0 Å². The highest BCUT2D eigenvalue weighted by molar-refractivity contribution is 6.18. The van der Waals surface area contributed by atoms with Gasteiger partial charge >= 0.3 is 0 Å². The van der Waals surface area contributed by atoms with Gasteiger partial charge < -0.3 is 5.32 Å². The molecule has 0 aromatic carbocycles.